The Bertz CT molecular complexity index is 1440. The lowest BCUT2D eigenvalue weighted by atomic mass is 9.97. The molecule has 0 heterocycles. The van der Waals surface area contributed by atoms with Gasteiger partial charge in [0.05, 0.1) is 17.3 Å². The van der Waals surface area contributed by atoms with Gasteiger partial charge in [-0.25, -0.2) is 0 Å². The molecule has 0 fully saturated rings. The summed E-state index contributed by atoms with van der Waals surface area (Å²) in [6.07, 6.45) is 0.675. The Morgan fingerprint density at radius 2 is 1.54 bits per heavy atom. The minimum Gasteiger partial charge on any atom is -0.505 e. The number of rotatable bonds is 8. The molecular weight excluding hydrogens is 442 g/mol. The number of phenolic OH excluding ortho intramolecular Hbond substituents is 1. The van der Waals surface area contributed by atoms with Crippen LogP contribution in [0.15, 0.2) is 82.4 Å². The third-order valence-corrected chi connectivity index (χ3v) is 5.97. The molecule has 0 aliphatic rings. The number of anilines is 3. The summed E-state index contributed by atoms with van der Waals surface area (Å²) >= 11 is 0. The van der Waals surface area contributed by atoms with Crippen LogP contribution in [0.3, 0.4) is 0 Å². The average Bonchev–Trinajstić information content (AvgIpc) is 2.89. The summed E-state index contributed by atoms with van der Waals surface area (Å²) in [5, 5.41) is 16.7. The van der Waals surface area contributed by atoms with E-state index in [2.05, 4.69) is 16.7 Å². The molecule has 0 saturated heterocycles. The second-order valence-corrected chi connectivity index (χ2v) is 8.53. The van der Waals surface area contributed by atoms with E-state index in [9.17, 15) is 19.5 Å². The topological polar surface area (TPSA) is 98.7 Å². The van der Waals surface area contributed by atoms with Crippen molar-refractivity contribution in [2.24, 2.45) is 0 Å². The fourth-order valence-electron chi connectivity index (χ4n) is 4.00. The maximum absolute atomic E-state index is 12.4. The van der Waals surface area contributed by atoms with Gasteiger partial charge < -0.3 is 20.6 Å². The maximum atomic E-state index is 12.4. The van der Waals surface area contributed by atoms with Crippen molar-refractivity contribution in [1.29, 1.82) is 0 Å². The van der Waals surface area contributed by atoms with Crippen molar-refractivity contribution in [2.75, 3.05) is 24.7 Å². The van der Waals surface area contributed by atoms with Crippen molar-refractivity contribution < 1.29 is 9.90 Å². The van der Waals surface area contributed by atoms with Crippen LogP contribution in [0.4, 0.5) is 17.1 Å². The van der Waals surface area contributed by atoms with Crippen molar-refractivity contribution in [2.45, 2.75) is 19.4 Å². The van der Waals surface area contributed by atoms with Gasteiger partial charge in [0, 0.05) is 14.1 Å². The third-order valence-electron chi connectivity index (χ3n) is 5.97. The summed E-state index contributed by atoms with van der Waals surface area (Å²) in [5.74, 6) is -0.661. The first-order chi connectivity index (χ1) is 16.8. The van der Waals surface area contributed by atoms with Crippen LogP contribution in [-0.4, -0.2) is 30.0 Å². The van der Waals surface area contributed by atoms with Crippen LogP contribution in [-0.2, 0) is 0 Å². The molecule has 7 nitrogen and oxygen atoms in total. The lowest BCUT2D eigenvalue weighted by Gasteiger charge is -2.23. The first-order valence-electron chi connectivity index (χ1n) is 11.4. The minimum absolute atomic E-state index is 0.0671. The molecular formula is C28H27N3O4. The van der Waals surface area contributed by atoms with Crippen LogP contribution >= 0.6 is 0 Å². The van der Waals surface area contributed by atoms with E-state index in [4.69, 9.17) is 0 Å². The molecule has 35 heavy (non-hydrogen) atoms. The standard InChI is InChI=1S/C28H27N3O4/c1-4-21(19-13-8-12-18(16-19)17-10-6-5-7-11-17)29-23-24(27(34)26(23)33)30-22-15-9-14-20(25(22)32)28(35)31(2)3/h5-16,21,29-30,32H,4H2,1-3H3. The van der Waals surface area contributed by atoms with E-state index < -0.39 is 10.9 Å². The van der Waals surface area contributed by atoms with Gasteiger partial charge in [-0.1, -0.05) is 61.5 Å². The molecule has 4 aromatic rings. The summed E-state index contributed by atoms with van der Waals surface area (Å²) in [7, 11) is 3.16. The van der Waals surface area contributed by atoms with Crippen molar-refractivity contribution >= 4 is 23.0 Å². The molecule has 0 spiro atoms. The third kappa shape index (κ3) is 4.66. The number of amides is 1. The largest absolute Gasteiger partial charge is 0.505 e. The highest BCUT2D eigenvalue weighted by Crippen LogP contribution is 2.34. The van der Waals surface area contributed by atoms with Crippen molar-refractivity contribution in [3.8, 4) is 16.9 Å². The molecule has 4 rings (SSSR count). The predicted octanol–water partition coefficient (Wildman–Crippen LogP) is 4.66. The van der Waals surface area contributed by atoms with Gasteiger partial charge >= 0.3 is 0 Å². The molecule has 0 radical (unpaired) electrons. The Kier molecular flexibility index (Phi) is 6.68. The zero-order valence-electron chi connectivity index (χ0n) is 19.8. The molecule has 0 saturated carbocycles. The average molecular weight is 470 g/mol. The van der Waals surface area contributed by atoms with Gasteiger partial charge in [0.25, 0.3) is 16.8 Å². The number of nitrogens with zero attached hydrogens (tertiary/aromatic N) is 1. The van der Waals surface area contributed by atoms with Crippen LogP contribution in [0.25, 0.3) is 11.1 Å². The molecule has 1 amide bonds. The zero-order chi connectivity index (χ0) is 25.1. The van der Waals surface area contributed by atoms with Gasteiger partial charge in [-0.05, 0) is 41.3 Å². The highest BCUT2D eigenvalue weighted by Gasteiger charge is 2.25. The summed E-state index contributed by atoms with van der Waals surface area (Å²) in [6.45, 7) is 1.99. The Labute approximate surface area is 203 Å². The van der Waals surface area contributed by atoms with Gasteiger partial charge in [0.1, 0.15) is 11.4 Å². The predicted molar refractivity (Wildman–Crippen MR) is 139 cm³/mol. The second-order valence-electron chi connectivity index (χ2n) is 8.53. The van der Waals surface area contributed by atoms with E-state index in [-0.39, 0.29) is 40.3 Å². The van der Waals surface area contributed by atoms with Crippen molar-refractivity contribution in [3.63, 3.8) is 0 Å². The number of carbonyl (C=O) groups excluding carboxylic acids is 1. The summed E-state index contributed by atoms with van der Waals surface area (Å²) in [5.41, 5.74) is 2.32. The Morgan fingerprint density at radius 3 is 2.23 bits per heavy atom. The Morgan fingerprint density at radius 1 is 0.886 bits per heavy atom. The molecule has 3 N–H and O–H groups in total. The van der Waals surface area contributed by atoms with Crippen LogP contribution in [0.5, 0.6) is 5.75 Å². The smallest absolute Gasteiger partial charge is 0.257 e. The summed E-state index contributed by atoms with van der Waals surface area (Å²) < 4.78 is 0. The molecule has 0 aliphatic carbocycles. The highest BCUT2D eigenvalue weighted by atomic mass is 16.3. The zero-order valence-corrected chi connectivity index (χ0v) is 19.8. The number of hydrogen-bond donors (Lipinski definition) is 3. The number of phenols is 1. The highest BCUT2D eigenvalue weighted by molar-refractivity contribution is 5.99. The lowest BCUT2D eigenvalue weighted by molar-refractivity contribution is 0.0824. The molecule has 1 atom stereocenters. The van der Waals surface area contributed by atoms with E-state index in [1.165, 1.54) is 11.0 Å². The van der Waals surface area contributed by atoms with E-state index in [0.29, 0.717) is 6.42 Å². The minimum atomic E-state index is -0.677. The Balaban J connectivity index is 1.62. The number of nitrogens with one attached hydrogen (secondary N) is 2. The second kappa shape index (κ2) is 9.85. The molecule has 0 bridgehead atoms. The number of aromatic hydroxyl groups is 1. The van der Waals surface area contributed by atoms with Crippen LogP contribution in [0.1, 0.15) is 35.3 Å². The van der Waals surface area contributed by atoms with Gasteiger partial charge in [0.2, 0.25) is 0 Å². The van der Waals surface area contributed by atoms with Crippen LogP contribution in [0.2, 0.25) is 0 Å². The molecule has 4 aromatic carbocycles. The first kappa shape index (κ1) is 23.8. The fourth-order valence-corrected chi connectivity index (χ4v) is 4.00. The Hall–Kier alpha value is -4.39. The fraction of sp³-hybridized carbons (Fsp3) is 0.179. The van der Waals surface area contributed by atoms with Gasteiger partial charge in [-0.15, -0.1) is 0 Å². The molecule has 178 valence electrons. The number of hydrogen-bond acceptors (Lipinski definition) is 6. The van der Waals surface area contributed by atoms with E-state index in [1.807, 2.05) is 55.5 Å². The van der Waals surface area contributed by atoms with Crippen LogP contribution < -0.4 is 21.5 Å². The lowest BCUT2D eigenvalue weighted by Crippen LogP contribution is -2.37. The van der Waals surface area contributed by atoms with Crippen molar-refractivity contribution in [3.05, 3.63) is 104 Å². The molecule has 1 unspecified atom stereocenters. The number of benzene rings is 3. The van der Waals surface area contributed by atoms with Gasteiger partial charge in [0.15, 0.2) is 5.75 Å². The van der Waals surface area contributed by atoms with Crippen molar-refractivity contribution in [1.82, 2.24) is 4.90 Å². The molecule has 7 heteroatoms. The quantitative estimate of drug-likeness (QED) is 0.256. The van der Waals surface area contributed by atoms with Crippen LogP contribution in [0, 0.1) is 0 Å². The normalized spacial score (nSPS) is 11.7. The van der Waals surface area contributed by atoms with E-state index >= 15 is 0 Å². The molecule has 0 aliphatic heterocycles. The van der Waals surface area contributed by atoms with Gasteiger partial charge in [-0.2, -0.15) is 0 Å². The summed E-state index contributed by atoms with van der Waals surface area (Å²) in [4.78, 5) is 38.5. The SMILES string of the molecule is CCC(Nc1c(Nc2cccc(C(=O)N(C)C)c2O)c(=O)c1=O)c1cccc(-c2ccccc2)c1. The monoisotopic (exact) mass is 469 g/mol. The summed E-state index contributed by atoms with van der Waals surface area (Å²) in [6, 6.07) is 22.5. The first-order valence-corrected chi connectivity index (χ1v) is 11.4. The van der Waals surface area contributed by atoms with E-state index in [0.717, 1.165) is 16.7 Å². The van der Waals surface area contributed by atoms with E-state index in [1.54, 1.807) is 26.2 Å². The maximum Gasteiger partial charge on any atom is 0.257 e. The molecule has 0 aromatic heterocycles. The number of carbonyl (C=O) groups is 1. The number of para-hydroxylation sites is 1. The van der Waals surface area contributed by atoms with Gasteiger partial charge in [-0.3, -0.25) is 14.4 Å².